The Kier molecular flexibility index (Phi) is 5.26. The van der Waals surface area contributed by atoms with Gasteiger partial charge in [0.1, 0.15) is 10.8 Å². The van der Waals surface area contributed by atoms with Crippen LogP contribution < -0.4 is 5.32 Å². The fourth-order valence-corrected chi connectivity index (χ4v) is 1.34. The normalized spacial score (nSPS) is 10.8. The average Bonchev–Trinajstić information content (AvgIpc) is 2.26. The minimum absolute atomic E-state index is 0.0316. The first-order valence-electron chi connectivity index (χ1n) is 5.92. The third-order valence-electron chi connectivity index (χ3n) is 1.83. The number of nitrogens with zero attached hydrogens (tertiary/aromatic N) is 2. The molecule has 8 heteroatoms. The van der Waals surface area contributed by atoms with Gasteiger partial charge in [-0.3, -0.25) is 5.32 Å². The van der Waals surface area contributed by atoms with Gasteiger partial charge in [-0.05, 0) is 27.7 Å². The van der Waals surface area contributed by atoms with Gasteiger partial charge in [0.2, 0.25) is 0 Å². The maximum absolute atomic E-state index is 11.7. The topological polar surface area (TPSA) is 90.4 Å². The highest BCUT2D eigenvalue weighted by Crippen LogP contribution is 2.16. The Morgan fingerprint density at radius 2 is 2.05 bits per heavy atom. The summed E-state index contributed by atoms with van der Waals surface area (Å²) < 4.78 is 9.88. The molecule has 20 heavy (non-hydrogen) atoms. The highest BCUT2D eigenvalue weighted by molar-refractivity contribution is 6.29. The summed E-state index contributed by atoms with van der Waals surface area (Å²) in [6, 6.07) is 0. The number of ether oxygens (including phenoxy) is 2. The van der Waals surface area contributed by atoms with Crippen molar-refractivity contribution in [3.63, 3.8) is 0 Å². The first-order chi connectivity index (χ1) is 9.23. The van der Waals surface area contributed by atoms with E-state index in [1.807, 2.05) is 0 Å². The fourth-order valence-electron chi connectivity index (χ4n) is 1.20. The zero-order valence-electron chi connectivity index (χ0n) is 11.7. The van der Waals surface area contributed by atoms with Gasteiger partial charge in [-0.15, -0.1) is 0 Å². The minimum Gasteiger partial charge on any atom is -0.461 e. The standard InChI is InChI=1S/C12H16ClN3O4/c1-5-19-10(17)8-9(15-7(13)6-14-8)16-11(18)20-12(2,3)4/h6H,5H2,1-4H3,(H,15,16,18). The number of anilines is 1. The second-order valence-electron chi connectivity index (χ2n) is 4.74. The Hall–Kier alpha value is -1.89. The second-order valence-corrected chi connectivity index (χ2v) is 5.12. The molecular formula is C12H16ClN3O4. The van der Waals surface area contributed by atoms with Gasteiger partial charge in [-0.1, -0.05) is 11.6 Å². The third kappa shape index (κ3) is 5.00. The Morgan fingerprint density at radius 3 is 2.60 bits per heavy atom. The van der Waals surface area contributed by atoms with Crippen molar-refractivity contribution >= 4 is 29.5 Å². The van der Waals surface area contributed by atoms with Crippen LogP contribution in [0, 0.1) is 0 Å². The van der Waals surface area contributed by atoms with Crippen molar-refractivity contribution in [2.24, 2.45) is 0 Å². The van der Waals surface area contributed by atoms with E-state index in [0.717, 1.165) is 0 Å². The largest absolute Gasteiger partial charge is 0.461 e. The molecule has 1 rings (SSSR count). The predicted octanol–water partition coefficient (Wildman–Crippen LogP) is 2.65. The van der Waals surface area contributed by atoms with Crippen molar-refractivity contribution in [1.29, 1.82) is 0 Å². The van der Waals surface area contributed by atoms with E-state index in [9.17, 15) is 9.59 Å². The Bertz CT molecular complexity index is 514. The van der Waals surface area contributed by atoms with E-state index in [1.54, 1.807) is 27.7 Å². The highest BCUT2D eigenvalue weighted by atomic mass is 35.5. The van der Waals surface area contributed by atoms with Crippen molar-refractivity contribution < 1.29 is 19.1 Å². The summed E-state index contributed by atoms with van der Waals surface area (Å²) in [4.78, 5) is 31.0. The van der Waals surface area contributed by atoms with Gasteiger partial charge < -0.3 is 9.47 Å². The smallest absolute Gasteiger partial charge is 0.413 e. The number of carbonyl (C=O) groups is 2. The molecule has 0 spiro atoms. The molecule has 0 bridgehead atoms. The average molecular weight is 302 g/mol. The molecule has 0 atom stereocenters. The Morgan fingerprint density at radius 1 is 1.40 bits per heavy atom. The molecule has 0 unspecified atom stereocenters. The van der Waals surface area contributed by atoms with Crippen LogP contribution in [-0.4, -0.2) is 34.2 Å². The first-order valence-corrected chi connectivity index (χ1v) is 6.30. The summed E-state index contributed by atoms with van der Waals surface area (Å²) in [5, 5.41) is 2.36. The van der Waals surface area contributed by atoms with E-state index in [-0.39, 0.29) is 23.3 Å². The fraction of sp³-hybridized carbons (Fsp3) is 0.500. The van der Waals surface area contributed by atoms with Crippen molar-refractivity contribution in [1.82, 2.24) is 9.97 Å². The van der Waals surface area contributed by atoms with Gasteiger partial charge in [0.15, 0.2) is 11.5 Å². The van der Waals surface area contributed by atoms with Gasteiger partial charge in [-0.2, -0.15) is 0 Å². The number of hydrogen-bond donors (Lipinski definition) is 1. The molecule has 1 aromatic heterocycles. The van der Waals surface area contributed by atoms with Crippen LogP contribution in [0.3, 0.4) is 0 Å². The summed E-state index contributed by atoms with van der Waals surface area (Å²) in [5.74, 6) is -0.812. The Labute approximate surface area is 121 Å². The molecule has 1 heterocycles. The van der Waals surface area contributed by atoms with Crippen molar-refractivity contribution in [2.75, 3.05) is 11.9 Å². The van der Waals surface area contributed by atoms with Gasteiger partial charge in [0.25, 0.3) is 0 Å². The number of rotatable bonds is 3. The van der Waals surface area contributed by atoms with Gasteiger partial charge >= 0.3 is 12.1 Å². The van der Waals surface area contributed by atoms with Crippen LogP contribution in [0.5, 0.6) is 0 Å². The molecule has 0 aliphatic carbocycles. The second kappa shape index (κ2) is 6.51. The maximum Gasteiger partial charge on any atom is 0.413 e. The first kappa shape index (κ1) is 16.2. The molecule has 110 valence electrons. The molecule has 0 aliphatic heterocycles. The van der Waals surface area contributed by atoms with Crippen LogP contribution in [0.15, 0.2) is 6.20 Å². The lowest BCUT2D eigenvalue weighted by atomic mass is 10.2. The molecule has 1 N–H and O–H groups in total. The molecule has 1 amide bonds. The van der Waals surface area contributed by atoms with Crippen LogP contribution in [-0.2, 0) is 9.47 Å². The highest BCUT2D eigenvalue weighted by Gasteiger charge is 2.21. The van der Waals surface area contributed by atoms with E-state index < -0.39 is 17.7 Å². The van der Waals surface area contributed by atoms with Crippen LogP contribution in [0.1, 0.15) is 38.2 Å². The van der Waals surface area contributed by atoms with Gasteiger partial charge in [0, 0.05) is 0 Å². The number of hydrogen-bond acceptors (Lipinski definition) is 6. The number of aromatic nitrogens is 2. The van der Waals surface area contributed by atoms with Crippen molar-refractivity contribution in [2.45, 2.75) is 33.3 Å². The lowest BCUT2D eigenvalue weighted by Crippen LogP contribution is -2.28. The number of esters is 1. The van der Waals surface area contributed by atoms with Crippen molar-refractivity contribution in [3.8, 4) is 0 Å². The van der Waals surface area contributed by atoms with Gasteiger partial charge in [0.05, 0.1) is 12.8 Å². The predicted molar refractivity (Wildman–Crippen MR) is 72.9 cm³/mol. The Balaban J connectivity index is 2.95. The third-order valence-corrected chi connectivity index (χ3v) is 2.01. The van der Waals surface area contributed by atoms with E-state index in [2.05, 4.69) is 15.3 Å². The molecular weight excluding hydrogens is 286 g/mol. The summed E-state index contributed by atoms with van der Waals surface area (Å²) in [7, 11) is 0. The zero-order chi connectivity index (χ0) is 15.3. The maximum atomic E-state index is 11.7. The monoisotopic (exact) mass is 301 g/mol. The molecule has 1 aromatic rings. The van der Waals surface area contributed by atoms with E-state index in [0.29, 0.717) is 0 Å². The number of amides is 1. The minimum atomic E-state index is -0.764. The molecule has 0 saturated heterocycles. The van der Waals surface area contributed by atoms with E-state index >= 15 is 0 Å². The number of carbonyl (C=O) groups excluding carboxylic acids is 2. The van der Waals surface area contributed by atoms with Crippen LogP contribution in [0.2, 0.25) is 5.15 Å². The lowest BCUT2D eigenvalue weighted by Gasteiger charge is -2.19. The molecule has 7 nitrogen and oxygen atoms in total. The van der Waals surface area contributed by atoms with Gasteiger partial charge in [-0.25, -0.2) is 19.6 Å². The van der Waals surface area contributed by atoms with E-state index in [4.69, 9.17) is 21.1 Å². The molecule has 0 saturated carbocycles. The lowest BCUT2D eigenvalue weighted by molar-refractivity contribution is 0.0520. The van der Waals surface area contributed by atoms with Crippen molar-refractivity contribution in [3.05, 3.63) is 17.0 Å². The molecule has 0 aliphatic rings. The summed E-state index contributed by atoms with van der Waals surface area (Å²) in [5.41, 5.74) is -0.817. The molecule has 0 aromatic carbocycles. The summed E-state index contributed by atoms with van der Waals surface area (Å²) in [6.07, 6.45) is 0.424. The zero-order valence-corrected chi connectivity index (χ0v) is 12.4. The molecule has 0 radical (unpaired) electrons. The van der Waals surface area contributed by atoms with Crippen LogP contribution in [0.25, 0.3) is 0 Å². The number of halogens is 1. The summed E-state index contributed by atoms with van der Waals surface area (Å²) >= 11 is 5.70. The number of nitrogens with one attached hydrogen (secondary N) is 1. The van der Waals surface area contributed by atoms with Crippen LogP contribution >= 0.6 is 11.6 Å². The quantitative estimate of drug-likeness (QED) is 0.863. The molecule has 0 fully saturated rings. The summed E-state index contributed by atoms with van der Waals surface area (Å²) in [6.45, 7) is 6.96. The SMILES string of the molecule is CCOC(=O)c1ncc(Cl)nc1NC(=O)OC(C)(C)C. The van der Waals surface area contributed by atoms with E-state index in [1.165, 1.54) is 6.20 Å². The van der Waals surface area contributed by atoms with Crippen LogP contribution in [0.4, 0.5) is 10.6 Å².